The normalized spacial score (nSPS) is 15.0. The molecule has 1 aromatic heterocycles. The van der Waals surface area contributed by atoms with Gasteiger partial charge >= 0.3 is 0 Å². The van der Waals surface area contributed by atoms with E-state index in [1.54, 1.807) is 19.1 Å². The number of aromatic nitrogens is 3. The second-order valence-corrected chi connectivity index (χ2v) is 9.86. The van der Waals surface area contributed by atoms with Crippen molar-refractivity contribution in [2.75, 3.05) is 27.0 Å². The maximum atomic E-state index is 13.1. The van der Waals surface area contributed by atoms with Gasteiger partial charge in [0, 0.05) is 18.7 Å². The van der Waals surface area contributed by atoms with Crippen molar-refractivity contribution in [2.45, 2.75) is 56.3 Å². The lowest BCUT2D eigenvalue weighted by Gasteiger charge is -2.27. The van der Waals surface area contributed by atoms with Crippen LogP contribution in [0.3, 0.4) is 0 Å². The van der Waals surface area contributed by atoms with Crippen LogP contribution in [0.4, 0.5) is 0 Å². The maximum absolute atomic E-state index is 13.1. The minimum absolute atomic E-state index is 0.00263. The first kappa shape index (κ1) is 25.1. The third-order valence-electron chi connectivity index (χ3n) is 6.83. The summed E-state index contributed by atoms with van der Waals surface area (Å²) >= 11 is 1.47. The zero-order valence-corrected chi connectivity index (χ0v) is 21.8. The van der Waals surface area contributed by atoms with Crippen molar-refractivity contribution in [3.05, 3.63) is 54.1 Å². The largest absolute Gasteiger partial charge is 0.493 e. The van der Waals surface area contributed by atoms with Crippen LogP contribution in [-0.2, 0) is 4.79 Å². The molecule has 0 radical (unpaired) electrons. The van der Waals surface area contributed by atoms with Crippen LogP contribution in [0.5, 0.6) is 11.5 Å². The summed E-state index contributed by atoms with van der Waals surface area (Å²) in [6.07, 6.45) is 5.81. The highest BCUT2D eigenvalue weighted by Gasteiger charge is 2.26. The van der Waals surface area contributed by atoms with Gasteiger partial charge in [0.25, 0.3) is 0 Å². The number of carbonyl (C=O) groups excluding carboxylic acids is 1. The first-order chi connectivity index (χ1) is 17.0. The van der Waals surface area contributed by atoms with E-state index in [1.165, 1.54) is 31.0 Å². The molecule has 1 aliphatic carbocycles. The molecule has 1 aliphatic rings. The Kier molecular flexibility index (Phi) is 8.33. The molecule has 0 aliphatic heterocycles. The van der Waals surface area contributed by atoms with Crippen LogP contribution >= 0.6 is 11.8 Å². The van der Waals surface area contributed by atoms with E-state index < -0.39 is 0 Å². The molecule has 1 unspecified atom stereocenters. The van der Waals surface area contributed by atoms with Crippen molar-refractivity contribution in [1.82, 2.24) is 19.7 Å². The molecule has 0 spiro atoms. The molecule has 8 heteroatoms. The van der Waals surface area contributed by atoms with Gasteiger partial charge in [-0.25, -0.2) is 0 Å². The number of ether oxygens (including phenoxy) is 2. The number of benzene rings is 2. The number of methoxy groups -OCH3 is 2. The molecule has 186 valence electrons. The molecule has 1 heterocycles. The molecule has 1 saturated carbocycles. The average molecular weight is 495 g/mol. The van der Waals surface area contributed by atoms with Crippen LogP contribution in [0, 0.1) is 0 Å². The summed E-state index contributed by atoms with van der Waals surface area (Å²) in [6, 6.07) is 16.2. The Morgan fingerprint density at radius 1 is 1.06 bits per heavy atom. The van der Waals surface area contributed by atoms with E-state index in [2.05, 4.69) is 33.8 Å². The first-order valence-electron chi connectivity index (χ1n) is 12.1. The summed E-state index contributed by atoms with van der Waals surface area (Å²) in [4.78, 5) is 14.9. The summed E-state index contributed by atoms with van der Waals surface area (Å²) in [7, 11) is 5.12. The van der Waals surface area contributed by atoms with Crippen LogP contribution < -0.4 is 9.47 Å². The second kappa shape index (κ2) is 11.6. The SMILES string of the molecule is COc1ccc(-c2nnc(SCC(=O)N(C)C(C)c3ccccc3)n2C2CCCCC2)cc1OC. The molecule has 1 amide bonds. The van der Waals surface area contributed by atoms with E-state index in [1.807, 2.05) is 43.4 Å². The van der Waals surface area contributed by atoms with Crippen molar-refractivity contribution in [3.8, 4) is 22.9 Å². The highest BCUT2D eigenvalue weighted by Crippen LogP contribution is 2.38. The summed E-state index contributed by atoms with van der Waals surface area (Å²) in [6.45, 7) is 2.05. The Balaban J connectivity index is 1.57. The van der Waals surface area contributed by atoms with E-state index in [4.69, 9.17) is 9.47 Å². The van der Waals surface area contributed by atoms with E-state index in [0.717, 1.165) is 34.9 Å². The monoisotopic (exact) mass is 494 g/mol. The number of rotatable bonds is 9. The van der Waals surface area contributed by atoms with Gasteiger partial charge in [0.2, 0.25) is 5.91 Å². The lowest BCUT2D eigenvalue weighted by molar-refractivity contribution is -0.128. The lowest BCUT2D eigenvalue weighted by atomic mass is 9.95. The van der Waals surface area contributed by atoms with E-state index in [-0.39, 0.29) is 11.9 Å². The molecule has 4 rings (SSSR count). The number of thioether (sulfide) groups is 1. The minimum atomic E-state index is 0.00263. The summed E-state index contributed by atoms with van der Waals surface area (Å²) in [5.74, 6) is 2.51. The van der Waals surface area contributed by atoms with E-state index >= 15 is 0 Å². The van der Waals surface area contributed by atoms with Gasteiger partial charge in [-0.2, -0.15) is 0 Å². The zero-order chi connectivity index (χ0) is 24.8. The highest BCUT2D eigenvalue weighted by atomic mass is 32.2. The van der Waals surface area contributed by atoms with Crippen LogP contribution in [0.2, 0.25) is 0 Å². The quantitative estimate of drug-likeness (QED) is 0.351. The fraction of sp³-hybridized carbons (Fsp3) is 0.444. The van der Waals surface area contributed by atoms with Crippen molar-refractivity contribution >= 4 is 17.7 Å². The molecule has 0 saturated heterocycles. The van der Waals surface area contributed by atoms with Gasteiger partial charge in [-0.05, 0) is 43.5 Å². The number of hydrogen-bond acceptors (Lipinski definition) is 6. The standard InChI is InChI=1S/C27H34N4O3S/c1-19(20-11-7-5-8-12-20)30(2)25(32)18-35-27-29-28-26(31(27)22-13-9-6-10-14-22)21-15-16-23(33-3)24(17-21)34-4/h5,7-8,11-12,15-17,19,22H,6,9-10,13-14,18H2,1-4H3. The van der Waals surface area contributed by atoms with Crippen LogP contribution in [-0.4, -0.2) is 52.6 Å². The van der Waals surface area contributed by atoms with Gasteiger partial charge in [-0.15, -0.1) is 10.2 Å². The molecule has 35 heavy (non-hydrogen) atoms. The molecule has 0 bridgehead atoms. The fourth-order valence-corrected chi connectivity index (χ4v) is 5.54. The van der Waals surface area contributed by atoms with Crippen molar-refractivity contribution in [1.29, 1.82) is 0 Å². The summed E-state index contributed by atoms with van der Waals surface area (Å²) in [5.41, 5.74) is 2.04. The molecule has 1 fully saturated rings. The Morgan fingerprint density at radius 2 is 1.77 bits per heavy atom. The Hall–Kier alpha value is -3.00. The molecule has 0 N–H and O–H groups in total. The predicted octanol–water partition coefficient (Wildman–Crippen LogP) is 5.78. The van der Waals surface area contributed by atoms with Gasteiger partial charge < -0.3 is 14.4 Å². The number of amides is 1. The molecule has 7 nitrogen and oxygen atoms in total. The van der Waals surface area contributed by atoms with Crippen molar-refractivity contribution < 1.29 is 14.3 Å². The molecular weight excluding hydrogens is 460 g/mol. The van der Waals surface area contributed by atoms with Gasteiger partial charge in [0.05, 0.1) is 26.0 Å². The third kappa shape index (κ3) is 5.64. The van der Waals surface area contributed by atoms with Gasteiger partial charge in [0.1, 0.15) is 0 Å². The molecular formula is C27H34N4O3S. The Labute approximate surface area is 211 Å². The highest BCUT2D eigenvalue weighted by molar-refractivity contribution is 7.99. The van der Waals surface area contributed by atoms with Gasteiger partial charge in [0.15, 0.2) is 22.5 Å². The minimum Gasteiger partial charge on any atom is -0.493 e. The number of hydrogen-bond donors (Lipinski definition) is 0. The maximum Gasteiger partial charge on any atom is 0.233 e. The first-order valence-corrected chi connectivity index (χ1v) is 13.1. The lowest BCUT2D eigenvalue weighted by Crippen LogP contribution is -2.31. The Morgan fingerprint density at radius 3 is 2.46 bits per heavy atom. The van der Waals surface area contributed by atoms with Crippen molar-refractivity contribution in [3.63, 3.8) is 0 Å². The van der Waals surface area contributed by atoms with E-state index in [9.17, 15) is 4.79 Å². The summed E-state index contributed by atoms with van der Waals surface area (Å²) < 4.78 is 13.2. The smallest absolute Gasteiger partial charge is 0.233 e. The number of nitrogens with zero attached hydrogens (tertiary/aromatic N) is 4. The molecule has 1 atom stereocenters. The molecule has 2 aromatic carbocycles. The van der Waals surface area contributed by atoms with Crippen LogP contribution in [0.15, 0.2) is 53.7 Å². The van der Waals surface area contributed by atoms with E-state index in [0.29, 0.717) is 23.3 Å². The van der Waals surface area contributed by atoms with Gasteiger partial charge in [-0.3, -0.25) is 9.36 Å². The Bertz CT molecular complexity index is 1130. The van der Waals surface area contributed by atoms with Crippen LogP contribution in [0.25, 0.3) is 11.4 Å². The predicted molar refractivity (Wildman–Crippen MR) is 139 cm³/mol. The van der Waals surface area contributed by atoms with Gasteiger partial charge in [-0.1, -0.05) is 61.4 Å². The average Bonchev–Trinajstić information content (AvgIpc) is 3.35. The fourth-order valence-electron chi connectivity index (χ4n) is 4.62. The summed E-state index contributed by atoms with van der Waals surface area (Å²) in [5, 5.41) is 9.89. The second-order valence-electron chi connectivity index (χ2n) is 8.92. The van der Waals surface area contributed by atoms with Crippen LogP contribution in [0.1, 0.15) is 56.7 Å². The van der Waals surface area contributed by atoms with Crippen molar-refractivity contribution in [2.24, 2.45) is 0 Å². The molecule has 3 aromatic rings. The number of carbonyl (C=O) groups is 1. The topological polar surface area (TPSA) is 69.5 Å². The third-order valence-corrected chi connectivity index (χ3v) is 7.76. The zero-order valence-electron chi connectivity index (χ0n) is 20.9.